The van der Waals surface area contributed by atoms with Gasteiger partial charge in [-0.15, -0.1) is 0 Å². The Morgan fingerprint density at radius 3 is 2.19 bits per heavy atom. The maximum Gasteiger partial charge on any atom is 0.322 e. The van der Waals surface area contributed by atoms with Gasteiger partial charge < -0.3 is 15.3 Å². The van der Waals surface area contributed by atoms with Crippen LogP contribution in [0.4, 0.5) is 19.3 Å². The van der Waals surface area contributed by atoms with Crippen molar-refractivity contribution in [2.75, 3.05) is 11.9 Å². The van der Waals surface area contributed by atoms with E-state index in [1.54, 1.807) is 20.8 Å². The number of nitrogens with one attached hydrogen (secondary N) is 1. The van der Waals surface area contributed by atoms with Crippen LogP contribution in [0.2, 0.25) is 0 Å². The molecular weight excluding hydrogens is 282 g/mol. The van der Waals surface area contributed by atoms with E-state index in [4.69, 9.17) is 5.11 Å². The third-order valence-electron chi connectivity index (χ3n) is 2.80. The van der Waals surface area contributed by atoms with Crippen molar-refractivity contribution in [3.63, 3.8) is 0 Å². The summed E-state index contributed by atoms with van der Waals surface area (Å²) >= 11 is 0. The van der Waals surface area contributed by atoms with Crippen LogP contribution < -0.4 is 5.32 Å². The number of carboxylic acid groups (broad SMARTS) is 1. The Bertz CT molecular complexity index is 521. The molecule has 2 N–H and O–H groups in total. The van der Waals surface area contributed by atoms with Gasteiger partial charge in [0, 0.05) is 12.1 Å². The highest BCUT2D eigenvalue weighted by molar-refractivity contribution is 5.90. The van der Waals surface area contributed by atoms with Crippen LogP contribution in [0.1, 0.15) is 27.2 Å². The maximum atomic E-state index is 13.5. The molecule has 21 heavy (non-hydrogen) atoms. The van der Waals surface area contributed by atoms with E-state index in [0.717, 1.165) is 12.1 Å². The lowest BCUT2D eigenvalue weighted by Crippen LogP contribution is -2.48. The average molecular weight is 300 g/mol. The van der Waals surface area contributed by atoms with Crippen LogP contribution >= 0.6 is 0 Å². The third-order valence-corrected chi connectivity index (χ3v) is 2.80. The number of urea groups is 1. The molecule has 0 spiro atoms. The van der Waals surface area contributed by atoms with Crippen molar-refractivity contribution in [1.82, 2.24) is 4.90 Å². The van der Waals surface area contributed by atoms with Gasteiger partial charge in [0.25, 0.3) is 0 Å². The molecule has 0 saturated carbocycles. The van der Waals surface area contributed by atoms with Gasteiger partial charge in [-0.25, -0.2) is 13.6 Å². The summed E-state index contributed by atoms with van der Waals surface area (Å²) in [7, 11) is 0. The van der Waals surface area contributed by atoms with Crippen LogP contribution in [0.25, 0.3) is 0 Å². The van der Waals surface area contributed by atoms with E-state index in [-0.39, 0.29) is 13.0 Å². The molecule has 1 aromatic rings. The highest BCUT2D eigenvalue weighted by Gasteiger charge is 2.28. The van der Waals surface area contributed by atoms with Gasteiger partial charge in [-0.05, 0) is 32.9 Å². The molecule has 0 unspecified atom stereocenters. The number of aliphatic carboxylic acids is 1. The first-order chi connectivity index (χ1) is 9.62. The second kappa shape index (κ2) is 6.51. The van der Waals surface area contributed by atoms with Crippen molar-refractivity contribution in [3.05, 3.63) is 29.8 Å². The van der Waals surface area contributed by atoms with E-state index in [0.29, 0.717) is 0 Å². The summed E-state index contributed by atoms with van der Waals surface area (Å²) < 4.78 is 27.0. The van der Waals surface area contributed by atoms with E-state index >= 15 is 0 Å². The Morgan fingerprint density at radius 1 is 1.24 bits per heavy atom. The topological polar surface area (TPSA) is 69.6 Å². The minimum atomic E-state index is -1.06. The molecule has 0 aliphatic heterocycles. The van der Waals surface area contributed by atoms with Crippen LogP contribution in [0.3, 0.4) is 0 Å². The predicted molar refractivity (Wildman–Crippen MR) is 74.1 cm³/mol. The fourth-order valence-electron chi connectivity index (χ4n) is 1.74. The Kier molecular flexibility index (Phi) is 5.23. The number of para-hydroxylation sites is 1. The molecule has 1 aromatic carbocycles. The minimum Gasteiger partial charge on any atom is -0.481 e. The number of hydrogen-bond donors (Lipinski definition) is 2. The lowest BCUT2D eigenvalue weighted by atomic mass is 10.1. The van der Waals surface area contributed by atoms with Crippen molar-refractivity contribution in [2.24, 2.45) is 0 Å². The van der Waals surface area contributed by atoms with Crippen molar-refractivity contribution in [1.29, 1.82) is 0 Å². The molecule has 0 fully saturated rings. The summed E-state index contributed by atoms with van der Waals surface area (Å²) in [4.78, 5) is 24.0. The number of anilines is 1. The average Bonchev–Trinajstić information content (AvgIpc) is 2.32. The molecule has 5 nitrogen and oxygen atoms in total. The molecule has 0 aliphatic rings. The summed E-state index contributed by atoms with van der Waals surface area (Å²) in [6.45, 7) is 5.03. The first-order valence-corrected chi connectivity index (χ1v) is 6.37. The molecule has 7 heteroatoms. The van der Waals surface area contributed by atoms with Crippen LogP contribution in [0, 0.1) is 11.6 Å². The van der Waals surface area contributed by atoms with Crippen molar-refractivity contribution >= 4 is 17.7 Å². The monoisotopic (exact) mass is 300 g/mol. The standard InChI is InChI=1S/C14H18F2N2O3/c1-14(2,3)18(8-7-11(19)20)13(21)17-12-9(15)5-4-6-10(12)16/h4-6H,7-8H2,1-3H3,(H,17,21)(H,19,20). The second-order valence-corrected chi connectivity index (χ2v) is 5.49. The second-order valence-electron chi connectivity index (χ2n) is 5.49. The lowest BCUT2D eigenvalue weighted by Gasteiger charge is -2.35. The zero-order valence-corrected chi connectivity index (χ0v) is 12.1. The number of carbonyl (C=O) groups excluding carboxylic acids is 1. The summed E-state index contributed by atoms with van der Waals surface area (Å²) in [5.41, 5.74) is -1.24. The summed E-state index contributed by atoms with van der Waals surface area (Å²) in [5.74, 6) is -2.85. The Labute approximate surface area is 121 Å². The van der Waals surface area contributed by atoms with E-state index in [2.05, 4.69) is 5.32 Å². The zero-order valence-electron chi connectivity index (χ0n) is 12.1. The van der Waals surface area contributed by atoms with Crippen molar-refractivity contribution in [2.45, 2.75) is 32.7 Å². The van der Waals surface area contributed by atoms with Gasteiger partial charge in [-0.1, -0.05) is 6.07 Å². The minimum absolute atomic E-state index is 0.0687. The largest absolute Gasteiger partial charge is 0.481 e. The van der Waals surface area contributed by atoms with Crippen molar-refractivity contribution in [3.8, 4) is 0 Å². The maximum absolute atomic E-state index is 13.5. The SMILES string of the molecule is CC(C)(C)N(CCC(=O)O)C(=O)Nc1c(F)cccc1F. The quantitative estimate of drug-likeness (QED) is 0.897. The van der Waals surface area contributed by atoms with E-state index in [9.17, 15) is 18.4 Å². The number of halogens is 2. The smallest absolute Gasteiger partial charge is 0.322 e. The molecule has 0 heterocycles. The fraction of sp³-hybridized carbons (Fsp3) is 0.429. The van der Waals surface area contributed by atoms with E-state index in [1.165, 1.54) is 11.0 Å². The molecule has 0 saturated heterocycles. The van der Waals surface area contributed by atoms with E-state index < -0.39 is 34.9 Å². The predicted octanol–water partition coefficient (Wildman–Crippen LogP) is 3.07. The molecule has 0 aliphatic carbocycles. The Morgan fingerprint density at radius 2 is 1.76 bits per heavy atom. The number of carboxylic acids is 1. The first kappa shape index (κ1) is 16.9. The molecule has 0 radical (unpaired) electrons. The normalized spacial score (nSPS) is 11.1. The van der Waals surface area contributed by atoms with Gasteiger partial charge in [0.15, 0.2) is 0 Å². The van der Waals surface area contributed by atoms with Crippen molar-refractivity contribution < 1.29 is 23.5 Å². The number of benzene rings is 1. The Balaban J connectivity index is 2.93. The molecule has 116 valence electrons. The number of carbonyl (C=O) groups is 2. The number of nitrogens with zero attached hydrogens (tertiary/aromatic N) is 1. The first-order valence-electron chi connectivity index (χ1n) is 6.37. The molecule has 0 aromatic heterocycles. The van der Waals surface area contributed by atoms with Gasteiger partial charge in [-0.3, -0.25) is 4.79 Å². The number of hydrogen-bond acceptors (Lipinski definition) is 2. The van der Waals surface area contributed by atoms with Gasteiger partial charge in [0.1, 0.15) is 17.3 Å². The van der Waals surface area contributed by atoms with Crippen LogP contribution in [0.5, 0.6) is 0 Å². The summed E-state index contributed by atoms with van der Waals surface area (Å²) in [6, 6.07) is 2.48. The Hall–Kier alpha value is -2.18. The molecule has 0 bridgehead atoms. The van der Waals surface area contributed by atoms with Gasteiger partial charge >= 0.3 is 12.0 Å². The van der Waals surface area contributed by atoms with Crippen LogP contribution in [-0.2, 0) is 4.79 Å². The highest BCUT2D eigenvalue weighted by Crippen LogP contribution is 2.21. The molecule has 2 amide bonds. The van der Waals surface area contributed by atoms with Gasteiger partial charge in [-0.2, -0.15) is 0 Å². The summed E-state index contributed by atoms with van der Waals surface area (Å²) in [5, 5.41) is 10.9. The number of rotatable bonds is 4. The fourth-order valence-corrected chi connectivity index (χ4v) is 1.74. The van der Waals surface area contributed by atoms with E-state index in [1.807, 2.05) is 0 Å². The summed E-state index contributed by atoms with van der Waals surface area (Å²) in [6.07, 6.45) is -0.259. The van der Waals surface area contributed by atoms with Gasteiger partial charge in [0.2, 0.25) is 0 Å². The zero-order chi connectivity index (χ0) is 16.2. The molecule has 0 atom stereocenters. The highest BCUT2D eigenvalue weighted by atomic mass is 19.1. The molecule has 1 rings (SSSR count). The molecular formula is C14H18F2N2O3. The van der Waals surface area contributed by atoms with Crippen LogP contribution in [0.15, 0.2) is 18.2 Å². The number of amides is 2. The third kappa shape index (κ3) is 4.70. The van der Waals surface area contributed by atoms with Crippen LogP contribution in [-0.4, -0.2) is 34.1 Å². The lowest BCUT2D eigenvalue weighted by molar-refractivity contribution is -0.137. The van der Waals surface area contributed by atoms with Gasteiger partial charge in [0.05, 0.1) is 6.42 Å².